The van der Waals surface area contributed by atoms with Crippen LogP contribution in [0.4, 0.5) is 0 Å². The molecule has 0 radical (unpaired) electrons. The van der Waals surface area contributed by atoms with Gasteiger partial charge in [-0.2, -0.15) is 0 Å². The monoisotopic (exact) mass is 258 g/mol. The van der Waals surface area contributed by atoms with Crippen LogP contribution < -0.4 is 0 Å². The van der Waals surface area contributed by atoms with Crippen molar-refractivity contribution in [3.05, 3.63) is 66.3 Å². The number of hydrogen-bond acceptors (Lipinski definition) is 1. The normalized spacial score (nSPS) is 11.4. The molecule has 1 aromatic rings. The van der Waals surface area contributed by atoms with Gasteiger partial charge in [0.05, 0.1) is 0 Å². The largest absolute Gasteiger partial charge is 0.126 e. The molecule has 18 heavy (non-hydrogen) atoms. The van der Waals surface area contributed by atoms with Crippen molar-refractivity contribution in [2.75, 3.05) is 5.75 Å². The zero-order valence-electron chi connectivity index (χ0n) is 11.4. The topological polar surface area (TPSA) is 0 Å². The fourth-order valence-corrected chi connectivity index (χ4v) is 2.55. The Morgan fingerprint density at radius 1 is 1.33 bits per heavy atom. The van der Waals surface area contributed by atoms with Gasteiger partial charge in [-0.3, -0.25) is 0 Å². The van der Waals surface area contributed by atoms with Crippen molar-refractivity contribution in [3.8, 4) is 0 Å². The summed E-state index contributed by atoms with van der Waals surface area (Å²) in [7, 11) is 0. The van der Waals surface area contributed by atoms with Gasteiger partial charge in [0, 0.05) is 10.6 Å². The molecular formula is C17H22S. The lowest BCUT2D eigenvalue weighted by atomic mass is 10.2. The third-order valence-electron chi connectivity index (χ3n) is 2.63. The Morgan fingerprint density at radius 3 is 2.89 bits per heavy atom. The summed E-state index contributed by atoms with van der Waals surface area (Å²) in [4.78, 5) is 1.36. The summed E-state index contributed by atoms with van der Waals surface area (Å²) in [5, 5.41) is 0. The molecule has 0 atom stereocenters. The minimum Gasteiger partial charge on any atom is -0.126 e. The van der Waals surface area contributed by atoms with E-state index < -0.39 is 0 Å². The summed E-state index contributed by atoms with van der Waals surface area (Å²) in [6.45, 7) is 8.27. The molecule has 0 aromatic heterocycles. The van der Waals surface area contributed by atoms with E-state index in [1.54, 1.807) is 0 Å². The molecule has 1 heteroatoms. The fraction of sp³-hybridized carbons (Fsp3) is 0.294. The first-order valence-corrected chi connectivity index (χ1v) is 7.43. The minimum absolute atomic E-state index is 1.04. The molecule has 0 amide bonds. The van der Waals surface area contributed by atoms with Gasteiger partial charge in [0.25, 0.3) is 0 Å². The molecule has 0 saturated heterocycles. The van der Waals surface area contributed by atoms with E-state index >= 15 is 0 Å². The van der Waals surface area contributed by atoms with E-state index in [1.807, 2.05) is 36.9 Å². The van der Waals surface area contributed by atoms with Gasteiger partial charge in [0.1, 0.15) is 0 Å². The molecule has 0 saturated carbocycles. The Hall–Kier alpha value is -1.21. The molecule has 0 spiro atoms. The molecule has 0 nitrogen and oxygen atoms in total. The lowest BCUT2D eigenvalue weighted by molar-refractivity contribution is 1.12. The summed E-state index contributed by atoms with van der Waals surface area (Å²) in [6, 6.07) is 8.79. The van der Waals surface area contributed by atoms with Gasteiger partial charge >= 0.3 is 0 Å². The van der Waals surface area contributed by atoms with Gasteiger partial charge in [-0.15, -0.1) is 11.8 Å². The van der Waals surface area contributed by atoms with Gasteiger partial charge in [0.2, 0.25) is 0 Å². The number of benzene rings is 1. The van der Waals surface area contributed by atoms with E-state index in [-0.39, 0.29) is 0 Å². The predicted octanol–water partition coefficient (Wildman–Crippen LogP) is 5.42. The Labute approximate surface area is 116 Å². The van der Waals surface area contributed by atoms with Crippen LogP contribution in [-0.4, -0.2) is 5.75 Å². The van der Waals surface area contributed by atoms with E-state index in [0.29, 0.717) is 0 Å². The highest BCUT2D eigenvalue weighted by Crippen LogP contribution is 2.21. The second-order valence-corrected chi connectivity index (χ2v) is 5.31. The summed E-state index contributed by atoms with van der Waals surface area (Å²) in [5.74, 6) is 1.09. The average Bonchev–Trinajstić information content (AvgIpc) is 2.39. The maximum Gasteiger partial charge on any atom is 0.00747 e. The lowest BCUT2D eigenvalue weighted by Gasteiger charge is -2.03. The molecule has 1 aromatic carbocycles. The highest BCUT2D eigenvalue weighted by molar-refractivity contribution is 7.99. The quantitative estimate of drug-likeness (QED) is 0.465. The zero-order valence-corrected chi connectivity index (χ0v) is 12.2. The first-order valence-electron chi connectivity index (χ1n) is 6.45. The third-order valence-corrected chi connectivity index (χ3v) is 3.63. The number of rotatable bonds is 7. The predicted molar refractivity (Wildman–Crippen MR) is 84.3 cm³/mol. The second kappa shape index (κ2) is 8.82. The highest BCUT2D eigenvalue weighted by atomic mass is 32.2. The van der Waals surface area contributed by atoms with Crippen LogP contribution in [-0.2, 0) is 6.42 Å². The standard InChI is InChI=1S/C17H22S/c1-4-6-7-9-15(3)12-13-18-17-11-8-10-16(5-2)14-17/h4,6-11,14H,3,5,12-13H2,1-2H3/b6-4-,9-7-. The van der Waals surface area contributed by atoms with Crippen molar-refractivity contribution >= 4 is 11.8 Å². The van der Waals surface area contributed by atoms with E-state index in [1.165, 1.54) is 16.0 Å². The van der Waals surface area contributed by atoms with E-state index in [2.05, 4.69) is 43.8 Å². The van der Waals surface area contributed by atoms with Gasteiger partial charge in [-0.05, 0) is 37.5 Å². The minimum atomic E-state index is 1.04. The molecule has 0 N–H and O–H groups in total. The first-order chi connectivity index (χ1) is 8.76. The molecule has 96 valence electrons. The van der Waals surface area contributed by atoms with Gasteiger partial charge in [0.15, 0.2) is 0 Å². The molecule has 0 unspecified atom stereocenters. The van der Waals surface area contributed by atoms with E-state index in [0.717, 1.165) is 18.6 Å². The first kappa shape index (κ1) is 14.8. The maximum atomic E-state index is 4.06. The fourth-order valence-electron chi connectivity index (χ4n) is 1.54. The number of hydrogen-bond donors (Lipinski definition) is 0. The van der Waals surface area contributed by atoms with Crippen molar-refractivity contribution in [2.45, 2.75) is 31.6 Å². The third kappa shape index (κ3) is 5.92. The number of allylic oxidation sites excluding steroid dienone is 5. The Bertz CT molecular complexity index is 427. The SMILES string of the molecule is C=C(/C=C\C=C/C)CCSc1cccc(CC)c1. The Morgan fingerprint density at radius 2 is 2.17 bits per heavy atom. The van der Waals surface area contributed by atoms with Crippen molar-refractivity contribution < 1.29 is 0 Å². The molecule has 0 aliphatic rings. The molecule has 1 rings (SSSR count). The summed E-state index contributed by atoms with van der Waals surface area (Å²) in [5.41, 5.74) is 2.60. The Balaban J connectivity index is 2.34. The molecule has 0 aliphatic carbocycles. The van der Waals surface area contributed by atoms with Crippen molar-refractivity contribution in [3.63, 3.8) is 0 Å². The second-order valence-electron chi connectivity index (χ2n) is 4.14. The van der Waals surface area contributed by atoms with Gasteiger partial charge in [-0.25, -0.2) is 0 Å². The summed E-state index contributed by atoms with van der Waals surface area (Å²) in [6.07, 6.45) is 10.3. The van der Waals surface area contributed by atoms with Gasteiger partial charge < -0.3 is 0 Å². The highest BCUT2D eigenvalue weighted by Gasteiger charge is 1.96. The zero-order chi connectivity index (χ0) is 13.2. The average molecular weight is 258 g/mol. The molecule has 0 bridgehead atoms. The van der Waals surface area contributed by atoms with Crippen LogP contribution in [0.3, 0.4) is 0 Å². The lowest BCUT2D eigenvalue weighted by Crippen LogP contribution is -1.84. The maximum absolute atomic E-state index is 4.06. The van der Waals surface area contributed by atoms with E-state index in [4.69, 9.17) is 0 Å². The van der Waals surface area contributed by atoms with Crippen LogP contribution in [0.1, 0.15) is 25.8 Å². The summed E-state index contributed by atoms with van der Waals surface area (Å²) < 4.78 is 0. The molecule has 0 fully saturated rings. The van der Waals surface area contributed by atoms with Gasteiger partial charge in [-0.1, -0.05) is 55.5 Å². The number of aryl methyl sites for hydroxylation is 1. The van der Waals surface area contributed by atoms with Crippen LogP contribution >= 0.6 is 11.8 Å². The van der Waals surface area contributed by atoms with Crippen LogP contribution in [0.2, 0.25) is 0 Å². The van der Waals surface area contributed by atoms with E-state index in [9.17, 15) is 0 Å². The Kier molecular flexibility index (Phi) is 7.28. The van der Waals surface area contributed by atoms with Crippen LogP contribution in [0.5, 0.6) is 0 Å². The van der Waals surface area contributed by atoms with Crippen LogP contribution in [0.15, 0.2) is 65.6 Å². The van der Waals surface area contributed by atoms with Crippen molar-refractivity contribution in [1.29, 1.82) is 0 Å². The van der Waals surface area contributed by atoms with Crippen molar-refractivity contribution in [1.82, 2.24) is 0 Å². The summed E-state index contributed by atoms with van der Waals surface area (Å²) >= 11 is 1.90. The number of thioether (sulfide) groups is 1. The van der Waals surface area contributed by atoms with Crippen LogP contribution in [0, 0.1) is 0 Å². The molecule has 0 heterocycles. The molecule has 0 aliphatic heterocycles. The molecular weight excluding hydrogens is 236 g/mol. The van der Waals surface area contributed by atoms with Crippen molar-refractivity contribution in [2.24, 2.45) is 0 Å². The van der Waals surface area contributed by atoms with Crippen LogP contribution in [0.25, 0.3) is 0 Å². The smallest absolute Gasteiger partial charge is 0.00747 e.